The number of anilines is 2. The zero-order chi connectivity index (χ0) is 35.9. The average molecular weight is 698 g/mol. The molecule has 4 saturated heterocycles. The highest BCUT2D eigenvalue weighted by Gasteiger charge is 2.39. The van der Waals surface area contributed by atoms with Gasteiger partial charge in [-0.05, 0) is 93.7 Å². The molecule has 2 N–H and O–H groups in total. The highest BCUT2D eigenvalue weighted by Crippen LogP contribution is 2.43. The van der Waals surface area contributed by atoms with Gasteiger partial charge in [0.15, 0.2) is 0 Å². The number of rotatable bonds is 6. The lowest BCUT2D eigenvalue weighted by molar-refractivity contribution is -0.134. The first-order chi connectivity index (χ1) is 24.5. The van der Waals surface area contributed by atoms with Gasteiger partial charge in [0, 0.05) is 81.2 Å². The minimum atomic E-state index is -0.635. The van der Waals surface area contributed by atoms with Crippen LogP contribution in [0.5, 0.6) is 0 Å². The molecule has 12 heteroatoms. The van der Waals surface area contributed by atoms with Gasteiger partial charge in [0.25, 0.3) is 11.5 Å². The van der Waals surface area contributed by atoms with Gasteiger partial charge in [-0.2, -0.15) is 5.10 Å². The molecule has 4 fully saturated rings. The molecule has 1 unspecified atom stereocenters. The first-order valence-electron chi connectivity index (χ1n) is 18.2. The fourth-order valence-corrected chi connectivity index (χ4v) is 8.67. The molecule has 3 aromatic rings. The summed E-state index contributed by atoms with van der Waals surface area (Å²) in [7, 11) is 3.77. The smallest absolute Gasteiger partial charge is 0.271 e. The maximum absolute atomic E-state index is 15.2. The van der Waals surface area contributed by atoms with Gasteiger partial charge in [0.1, 0.15) is 5.82 Å². The van der Waals surface area contributed by atoms with Crippen LogP contribution in [0.4, 0.5) is 15.8 Å². The fraction of sp³-hybridized carbons (Fsp3) is 0.513. The number of likely N-dealkylation sites (N-methyl/N-ethyl adjacent to an activating group) is 1. The average Bonchev–Trinajstić information content (AvgIpc) is 3.12. The Morgan fingerprint density at radius 2 is 1.67 bits per heavy atom. The first kappa shape index (κ1) is 34.9. The molecule has 1 spiro atoms. The molecule has 0 bridgehead atoms. The molecule has 3 amide bonds. The number of benzene rings is 2. The number of nitrogens with zero attached hydrogens (tertiary/aromatic N) is 5. The number of piperidine rings is 4. The predicted molar refractivity (Wildman–Crippen MR) is 193 cm³/mol. The number of halogens is 1. The van der Waals surface area contributed by atoms with Crippen molar-refractivity contribution in [1.29, 1.82) is 0 Å². The van der Waals surface area contributed by atoms with Crippen molar-refractivity contribution in [2.75, 3.05) is 56.5 Å². The summed E-state index contributed by atoms with van der Waals surface area (Å²) in [5.41, 5.74) is 4.62. The van der Waals surface area contributed by atoms with Crippen LogP contribution in [0.25, 0.3) is 0 Å². The van der Waals surface area contributed by atoms with E-state index in [4.69, 9.17) is 0 Å². The van der Waals surface area contributed by atoms with E-state index >= 15 is 4.39 Å². The summed E-state index contributed by atoms with van der Waals surface area (Å²) < 4.78 is 16.5. The standard InChI is InChI=1S/C39H48FN7O4/c1-25-34(22-41-45(3)37(25)50)42-29-20-28(23-44(2)24-29)26-4-6-27(7-5-26)38(51)47-18-14-39(15-19-47)12-16-46(17-13-39)30-8-9-31(33(40)21-30)32-10-11-35(48)43-36(32)49/h4-9,21-22,28-29,32,42H,10-20,23-24H2,1-3H3,(H,43,48,49)/t28-,29+,32?/m0/s1. The van der Waals surface area contributed by atoms with E-state index in [1.54, 1.807) is 19.3 Å². The van der Waals surface area contributed by atoms with E-state index in [1.807, 2.05) is 30.0 Å². The zero-order valence-corrected chi connectivity index (χ0v) is 29.8. The van der Waals surface area contributed by atoms with E-state index in [-0.39, 0.29) is 35.3 Å². The van der Waals surface area contributed by atoms with Crippen molar-refractivity contribution in [3.63, 3.8) is 0 Å². The van der Waals surface area contributed by atoms with Crippen molar-refractivity contribution in [3.8, 4) is 0 Å². The van der Waals surface area contributed by atoms with Crippen molar-refractivity contribution >= 4 is 29.1 Å². The van der Waals surface area contributed by atoms with Gasteiger partial charge in [0.05, 0.1) is 17.8 Å². The Balaban J connectivity index is 0.911. The maximum Gasteiger partial charge on any atom is 0.271 e. The molecule has 0 aliphatic carbocycles. The number of likely N-dealkylation sites (tertiary alicyclic amines) is 2. The van der Waals surface area contributed by atoms with Gasteiger partial charge < -0.3 is 20.0 Å². The van der Waals surface area contributed by atoms with Crippen molar-refractivity contribution in [2.45, 2.75) is 69.7 Å². The van der Waals surface area contributed by atoms with Crippen LogP contribution < -0.4 is 21.1 Å². The number of carbonyl (C=O) groups excluding carboxylic acids is 3. The van der Waals surface area contributed by atoms with E-state index in [0.717, 1.165) is 82.7 Å². The third-order valence-corrected chi connectivity index (χ3v) is 11.9. The minimum absolute atomic E-state index is 0.0781. The second kappa shape index (κ2) is 14.2. The molecule has 4 aliphatic rings. The molecule has 11 nitrogen and oxygen atoms in total. The van der Waals surface area contributed by atoms with Gasteiger partial charge in [-0.3, -0.25) is 24.5 Å². The van der Waals surface area contributed by atoms with Gasteiger partial charge in [-0.15, -0.1) is 0 Å². The molecule has 3 atom stereocenters. The van der Waals surface area contributed by atoms with E-state index < -0.39 is 17.6 Å². The Kier molecular flexibility index (Phi) is 9.71. The molecule has 4 aliphatic heterocycles. The Bertz CT molecular complexity index is 1860. The Labute approximate surface area is 298 Å². The fourth-order valence-electron chi connectivity index (χ4n) is 8.67. The lowest BCUT2D eigenvalue weighted by atomic mass is 9.71. The Morgan fingerprint density at radius 3 is 2.35 bits per heavy atom. The summed E-state index contributed by atoms with van der Waals surface area (Å²) in [5, 5.41) is 10.1. The van der Waals surface area contributed by atoms with Crippen LogP contribution in [0, 0.1) is 18.2 Å². The van der Waals surface area contributed by atoms with Crippen LogP contribution in [-0.2, 0) is 16.6 Å². The van der Waals surface area contributed by atoms with Crippen LogP contribution >= 0.6 is 0 Å². The molecular weight excluding hydrogens is 649 g/mol. The van der Waals surface area contributed by atoms with Crippen LogP contribution in [0.15, 0.2) is 53.5 Å². The number of carbonyl (C=O) groups is 3. The molecule has 51 heavy (non-hydrogen) atoms. The SMILES string of the molecule is Cc1c(N[C@@H]2C[C@H](c3ccc(C(=O)N4CCC5(CC4)CCN(c4ccc(C6CCC(=O)NC6=O)c(F)c4)CC5)cc3)CN(C)C2)cnn(C)c1=O. The molecule has 0 radical (unpaired) electrons. The third-order valence-electron chi connectivity index (χ3n) is 11.9. The molecule has 7 rings (SSSR count). The quantitative estimate of drug-likeness (QED) is 0.369. The van der Waals surface area contributed by atoms with Crippen LogP contribution in [0.2, 0.25) is 0 Å². The Morgan fingerprint density at radius 1 is 0.961 bits per heavy atom. The van der Waals surface area contributed by atoms with E-state index in [2.05, 4.69) is 44.7 Å². The largest absolute Gasteiger partial charge is 0.379 e. The van der Waals surface area contributed by atoms with Crippen molar-refractivity contribution in [2.24, 2.45) is 12.5 Å². The van der Waals surface area contributed by atoms with Gasteiger partial charge in [0.2, 0.25) is 11.8 Å². The Hall–Kier alpha value is -4.58. The number of imide groups is 1. The monoisotopic (exact) mass is 697 g/mol. The zero-order valence-electron chi connectivity index (χ0n) is 29.8. The van der Waals surface area contributed by atoms with Gasteiger partial charge >= 0.3 is 0 Å². The highest BCUT2D eigenvalue weighted by molar-refractivity contribution is 6.01. The number of aryl methyl sites for hydroxylation is 1. The first-order valence-corrected chi connectivity index (χ1v) is 18.2. The van der Waals surface area contributed by atoms with Gasteiger partial charge in [-0.1, -0.05) is 18.2 Å². The summed E-state index contributed by atoms with van der Waals surface area (Å²) >= 11 is 0. The molecule has 1 aromatic heterocycles. The van der Waals surface area contributed by atoms with Crippen LogP contribution in [-0.4, -0.2) is 89.7 Å². The van der Waals surface area contributed by atoms with Gasteiger partial charge in [-0.25, -0.2) is 9.07 Å². The van der Waals surface area contributed by atoms with E-state index in [9.17, 15) is 19.2 Å². The number of amides is 3. The third kappa shape index (κ3) is 7.28. The predicted octanol–water partition coefficient (Wildman–Crippen LogP) is 4.17. The maximum atomic E-state index is 15.2. The molecular formula is C39H48FN7O4. The second-order valence-corrected chi connectivity index (χ2v) is 15.2. The summed E-state index contributed by atoms with van der Waals surface area (Å²) in [6, 6.07) is 13.4. The van der Waals surface area contributed by atoms with E-state index in [0.29, 0.717) is 29.0 Å². The number of aromatic nitrogens is 2. The highest BCUT2D eigenvalue weighted by atomic mass is 19.1. The summed E-state index contributed by atoms with van der Waals surface area (Å²) in [6.45, 7) is 6.72. The topological polar surface area (TPSA) is 120 Å². The van der Waals surface area contributed by atoms with Crippen molar-refractivity contribution in [1.82, 2.24) is 24.9 Å². The summed E-state index contributed by atoms with van der Waals surface area (Å²) in [4.78, 5) is 56.3. The number of nitrogens with one attached hydrogen (secondary N) is 2. The summed E-state index contributed by atoms with van der Waals surface area (Å²) in [6.07, 6.45) is 7.08. The lowest BCUT2D eigenvalue weighted by Gasteiger charge is -2.47. The molecule has 2 aromatic carbocycles. The lowest BCUT2D eigenvalue weighted by Crippen LogP contribution is -2.48. The summed E-state index contributed by atoms with van der Waals surface area (Å²) in [5.74, 6) is -1.40. The number of hydrogen-bond donors (Lipinski definition) is 2. The van der Waals surface area contributed by atoms with Crippen LogP contribution in [0.1, 0.15) is 83.8 Å². The van der Waals surface area contributed by atoms with Crippen LogP contribution in [0.3, 0.4) is 0 Å². The second-order valence-electron chi connectivity index (χ2n) is 15.2. The minimum Gasteiger partial charge on any atom is -0.379 e. The van der Waals surface area contributed by atoms with Crippen molar-refractivity contribution in [3.05, 3.63) is 87.1 Å². The normalized spacial score (nSPS) is 24.0. The van der Waals surface area contributed by atoms with E-state index in [1.165, 1.54) is 16.3 Å². The number of hydrogen-bond acceptors (Lipinski definition) is 8. The molecule has 5 heterocycles. The molecule has 270 valence electrons. The van der Waals surface area contributed by atoms with Crippen molar-refractivity contribution < 1.29 is 18.8 Å². The molecule has 0 saturated carbocycles.